The van der Waals surface area contributed by atoms with E-state index in [1.165, 1.54) is 0 Å². The van der Waals surface area contributed by atoms with Crippen molar-refractivity contribution in [2.75, 3.05) is 25.5 Å². The van der Waals surface area contributed by atoms with Crippen LogP contribution in [0.1, 0.15) is 25.7 Å². The molecule has 1 unspecified atom stereocenters. The normalized spacial score (nSPS) is 22.9. The summed E-state index contributed by atoms with van der Waals surface area (Å²) < 4.78 is 31.0. The van der Waals surface area contributed by atoms with E-state index >= 15 is 0 Å². The minimum Gasteiger partial charge on any atom is -0.380 e. The Bertz CT molecular complexity index is 261. The Morgan fingerprint density at radius 1 is 1.40 bits per heavy atom. The van der Waals surface area contributed by atoms with Gasteiger partial charge in [0.2, 0.25) is 10.0 Å². The Kier molecular flexibility index (Phi) is 5.52. The van der Waals surface area contributed by atoms with Gasteiger partial charge in [0.1, 0.15) is 0 Å². The Labute approximate surface area is 91.4 Å². The molecule has 1 atom stereocenters. The van der Waals surface area contributed by atoms with Gasteiger partial charge < -0.3 is 10.5 Å². The molecule has 1 heterocycles. The highest BCUT2D eigenvalue weighted by molar-refractivity contribution is 7.89. The minimum atomic E-state index is -3.14. The van der Waals surface area contributed by atoms with Crippen LogP contribution in [0.15, 0.2) is 0 Å². The van der Waals surface area contributed by atoms with E-state index < -0.39 is 10.0 Å². The summed E-state index contributed by atoms with van der Waals surface area (Å²) in [4.78, 5) is 0. The number of hydrogen-bond donors (Lipinski definition) is 2. The van der Waals surface area contributed by atoms with Crippen LogP contribution in [0.2, 0.25) is 0 Å². The molecule has 1 fully saturated rings. The van der Waals surface area contributed by atoms with E-state index in [1.54, 1.807) is 0 Å². The van der Waals surface area contributed by atoms with Crippen LogP contribution in [-0.2, 0) is 14.8 Å². The van der Waals surface area contributed by atoms with Gasteiger partial charge in [-0.1, -0.05) is 0 Å². The minimum absolute atomic E-state index is 0.0402. The second-order valence-corrected chi connectivity index (χ2v) is 5.72. The SMILES string of the molecule is NCCCCS(=O)(=O)NC1CCCOC1. The Morgan fingerprint density at radius 3 is 2.80 bits per heavy atom. The Balaban J connectivity index is 2.27. The van der Waals surface area contributed by atoms with Crippen molar-refractivity contribution in [3.63, 3.8) is 0 Å². The van der Waals surface area contributed by atoms with Gasteiger partial charge in [-0.25, -0.2) is 13.1 Å². The smallest absolute Gasteiger partial charge is 0.211 e. The molecule has 0 aliphatic carbocycles. The van der Waals surface area contributed by atoms with Gasteiger partial charge >= 0.3 is 0 Å². The summed E-state index contributed by atoms with van der Waals surface area (Å²) >= 11 is 0. The lowest BCUT2D eigenvalue weighted by Crippen LogP contribution is -2.41. The summed E-state index contributed by atoms with van der Waals surface area (Å²) in [7, 11) is -3.14. The van der Waals surface area contributed by atoms with Crippen LogP contribution in [0.4, 0.5) is 0 Å². The predicted molar refractivity (Wildman–Crippen MR) is 59.1 cm³/mol. The van der Waals surface area contributed by atoms with Crippen LogP contribution in [0.3, 0.4) is 0 Å². The average molecular weight is 236 g/mol. The molecule has 0 aromatic carbocycles. The largest absolute Gasteiger partial charge is 0.380 e. The number of sulfonamides is 1. The lowest BCUT2D eigenvalue weighted by atomic mass is 10.1. The molecule has 90 valence electrons. The van der Waals surface area contributed by atoms with Crippen molar-refractivity contribution in [3.05, 3.63) is 0 Å². The van der Waals surface area contributed by atoms with E-state index in [0.29, 0.717) is 19.6 Å². The van der Waals surface area contributed by atoms with Gasteiger partial charge in [-0.05, 0) is 32.2 Å². The Hall–Kier alpha value is -0.170. The van der Waals surface area contributed by atoms with Gasteiger partial charge in [-0.3, -0.25) is 0 Å². The highest BCUT2D eigenvalue weighted by atomic mass is 32.2. The van der Waals surface area contributed by atoms with E-state index in [2.05, 4.69) is 4.72 Å². The first kappa shape index (κ1) is 12.9. The topological polar surface area (TPSA) is 81.4 Å². The third-order valence-corrected chi connectivity index (χ3v) is 3.89. The first-order chi connectivity index (χ1) is 7.14. The van der Waals surface area contributed by atoms with Crippen LogP contribution >= 0.6 is 0 Å². The molecule has 5 nitrogen and oxygen atoms in total. The van der Waals surface area contributed by atoms with E-state index in [-0.39, 0.29) is 11.8 Å². The molecule has 0 aromatic rings. The van der Waals surface area contributed by atoms with Crippen molar-refractivity contribution < 1.29 is 13.2 Å². The van der Waals surface area contributed by atoms with E-state index in [4.69, 9.17) is 10.5 Å². The molecule has 0 radical (unpaired) electrons. The molecule has 1 rings (SSSR count). The van der Waals surface area contributed by atoms with Crippen molar-refractivity contribution in [1.82, 2.24) is 4.72 Å². The molecule has 6 heteroatoms. The molecule has 3 N–H and O–H groups in total. The molecule has 0 amide bonds. The zero-order chi connectivity index (χ0) is 11.1. The molecular formula is C9H20N2O3S. The van der Waals surface area contributed by atoms with Gasteiger partial charge in [0.15, 0.2) is 0 Å². The number of rotatable bonds is 6. The van der Waals surface area contributed by atoms with Crippen LogP contribution in [-0.4, -0.2) is 40.0 Å². The standard InChI is InChI=1S/C9H20N2O3S/c10-5-1-2-7-15(12,13)11-9-4-3-6-14-8-9/h9,11H,1-8,10H2. The number of nitrogens with two attached hydrogens (primary N) is 1. The third kappa shape index (κ3) is 5.46. The van der Waals surface area contributed by atoms with Crippen LogP contribution in [0, 0.1) is 0 Å². The maximum atomic E-state index is 11.6. The summed E-state index contributed by atoms with van der Waals surface area (Å²) in [5.41, 5.74) is 5.31. The number of nitrogens with one attached hydrogen (secondary N) is 1. The van der Waals surface area contributed by atoms with Crippen molar-refractivity contribution >= 4 is 10.0 Å². The quantitative estimate of drug-likeness (QED) is 0.627. The fraction of sp³-hybridized carbons (Fsp3) is 1.00. The summed E-state index contributed by atoms with van der Waals surface area (Å²) in [6.07, 6.45) is 3.17. The predicted octanol–water partition coefficient (Wildman–Crippen LogP) is -0.176. The van der Waals surface area contributed by atoms with Crippen molar-refractivity contribution in [1.29, 1.82) is 0 Å². The Morgan fingerprint density at radius 2 is 2.20 bits per heavy atom. The summed E-state index contributed by atoms with van der Waals surface area (Å²) in [5.74, 6) is 0.167. The number of unbranched alkanes of at least 4 members (excludes halogenated alkanes) is 1. The van der Waals surface area contributed by atoms with Crippen LogP contribution in [0.5, 0.6) is 0 Å². The fourth-order valence-corrected chi connectivity index (χ4v) is 2.98. The molecule has 0 aromatic heterocycles. The van der Waals surface area contributed by atoms with Gasteiger partial charge in [0, 0.05) is 12.6 Å². The lowest BCUT2D eigenvalue weighted by Gasteiger charge is -2.22. The third-order valence-electron chi connectivity index (χ3n) is 2.37. The number of ether oxygens (including phenoxy) is 1. The summed E-state index contributed by atoms with van der Waals surface area (Å²) in [5, 5.41) is 0. The van der Waals surface area contributed by atoms with E-state index in [1.807, 2.05) is 0 Å². The van der Waals surface area contributed by atoms with E-state index in [9.17, 15) is 8.42 Å². The van der Waals surface area contributed by atoms with Gasteiger partial charge in [-0.2, -0.15) is 0 Å². The molecule has 0 saturated carbocycles. The summed E-state index contributed by atoms with van der Waals surface area (Å²) in [6.45, 7) is 1.78. The first-order valence-corrected chi connectivity index (χ1v) is 7.07. The second kappa shape index (κ2) is 6.42. The maximum Gasteiger partial charge on any atom is 0.211 e. The van der Waals surface area contributed by atoms with Crippen molar-refractivity contribution in [2.24, 2.45) is 5.73 Å². The van der Waals surface area contributed by atoms with E-state index in [0.717, 1.165) is 25.9 Å². The second-order valence-electron chi connectivity index (χ2n) is 3.85. The summed E-state index contributed by atoms with van der Waals surface area (Å²) in [6, 6.07) is -0.0402. The molecule has 1 saturated heterocycles. The first-order valence-electron chi connectivity index (χ1n) is 5.42. The monoisotopic (exact) mass is 236 g/mol. The molecule has 1 aliphatic heterocycles. The average Bonchev–Trinajstić information content (AvgIpc) is 2.18. The fourth-order valence-electron chi connectivity index (χ4n) is 1.58. The zero-order valence-electron chi connectivity index (χ0n) is 8.94. The molecule has 15 heavy (non-hydrogen) atoms. The van der Waals surface area contributed by atoms with Gasteiger partial charge in [0.25, 0.3) is 0 Å². The zero-order valence-corrected chi connectivity index (χ0v) is 9.76. The maximum absolute atomic E-state index is 11.6. The van der Waals surface area contributed by atoms with Gasteiger partial charge in [-0.15, -0.1) is 0 Å². The molecule has 1 aliphatic rings. The van der Waals surface area contributed by atoms with Crippen LogP contribution in [0.25, 0.3) is 0 Å². The lowest BCUT2D eigenvalue weighted by molar-refractivity contribution is 0.0774. The van der Waals surface area contributed by atoms with Crippen molar-refractivity contribution in [3.8, 4) is 0 Å². The van der Waals surface area contributed by atoms with Crippen LogP contribution < -0.4 is 10.5 Å². The number of hydrogen-bond acceptors (Lipinski definition) is 4. The molecular weight excluding hydrogens is 216 g/mol. The molecule has 0 spiro atoms. The van der Waals surface area contributed by atoms with Crippen molar-refractivity contribution in [2.45, 2.75) is 31.7 Å². The highest BCUT2D eigenvalue weighted by Gasteiger charge is 2.19. The molecule has 0 bridgehead atoms. The van der Waals surface area contributed by atoms with Gasteiger partial charge in [0.05, 0.1) is 12.4 Å². The highest BCUT2D eigenvalue weighted by Crippen LogP contribution is 2.07.